The molecule has 0 aliphatic carbocycles. The number of rotatable bonds is 4. The van der Waals surface area contributed by atoms with Crippen molar-refractivity contribution in [1.82, 2.24) is 14.7 Å². The Kier molecular flexibility index (Phi) is 3.76. The van der Waals surface area contributed by atoms with Crippen LogP contribution >= 0.6 is 0 Å². The van der Waals surface area contributed by atoms with Gasteiger partial charge in [0.25, 0.3) is 0 Å². The van der Waals surface area contributed by atoms with E-state index >= 15 is 0 Å². The highest BCUT2D eigenvalue weighted by atomic mass is 15.0. The standard InChI is InChI=1S/C18H21N3/c1-13-7-6-8-16(11-13)14(2)19-12-17-15(3)20-18-9-4-5-10-21(17)18/h4-11,14,19H,12H2,1-3H3/t14-/m1/s1. The van der Waals surface area contributed by atoms with Crippen molar-refractivity contribution in [3.8, 4) is 0 Å². The minimum atomic E-state index is 0.318. The molecule has 0 bridgehead atoms. The second-order valence-corrected chi connectivity index (χ2v) is 5.59. The summed E-state index contributed by atoms with van der Waals surface area (Å²) in [6.45, 7) is 7.21. The summed E-state index contributed by atoms with van der Waals surface area (Å²) in [7, 11) is 0. The van der Waals surface area contributed by atoms with Gasteiger partial charge in [-0.3, -0.25) is 0 Å². The Balaban J connectivity index is 1.79. The van der Waals surface area contributed by atoms with Crippen LogP contribution in [0.3, 0.4) is 0 Å². The molecule has 3 rings (SSSR count). The van der Waals surface area contributed by atoms with Gasteiger partial charge in [-0.1, -0.05) is 35.9 Å². The molecule has 2 aromatic heterocycles. The Morgan fingerprint density at radius 1 is 1.14 bits per heavy atom. The van der Waals surface area contributed by atoms with Crippen LogP contribution in [0.15, 0.2) is 48.7 Å². The van der Waals surface area contributed by atoms with Crippen LogP contribution in [0, 0.1) is 13.8 Å². The topological polar surface area (TPSA) is 29.3 Å². The van der Waals surface area contributed by atoms with E-state index < -0.39 is 0 Å². The van der Waals surface area contributed by atoms with E-state index in [9.17, 15) is 0 Å². The van der Waals surface area contributed by atoms with E-state index in [0.29, 0.717) is 6.04 Å². The molecule has 3 nitrogen and oxygen atoms in total. The first-order valence-electron chi connectivity index (χ1n) is 7.37. The maximum absolute atomic E-state index is 4.60. The lowest BCUT2D eigenvalue weighted by Crippen LogP contribution is -2.19. The lowest BCUT2D eigenvalue weighted by atomic mass is 10.1. The summed E-state index contributed by atoms with van der Waals surface area (Å²) in [6.07, 6.45) is 2.07. The smallest absolute Gasteiger partial charge is 0.137 e. The van der Waals surface area contributed by atoms with Crippen molar-refractivity contribution in [2.45, 2.75) is 33.4 Å². The van der Waals surface area contributed by atoms with Crippen molar-refractivity contribution in [3.05, 3.63) is 71.2 Å². The minimum absolute atomic E-state index is 0.318. The Hall–Kier alpha value is -2.13. The Morgan fingerprint density at radius 3 is 2.81 bits per heavy atom. The van der Waals surface area contributed by atoms with E-state index in [1.807, 2.05) is 18.2 Å². The molecule has 0 spiro atoms. The van der Waals surface area contributed by atoms with Gasteiger partial charge in [-0.2, -0.15) is 0 Å². The summed E-state index contributed by atoms with van der Waals surface area (Å²) >= 11 is 0. The number of aromatic nitrogens is 2. The van der Waals surface area contributed by atoms with Crippen molar-refractivity contribution in [2.24, 2.45) is 0 Å². The summed E-state index contributed by atoms with van der Waals surface area (Å²) in [5, 5.41) is 3.60. The molecule has 2 heterocycles. The molecule has 0 aliphatic heterocycles. The van der Waals surface area contributed by atoms with Gasteiger partial charge in [0, 0.05) is 18.8 Å². The van der Waals surface area contributed by atoms with E-state index in [0.717, 1.165) is 17.9 Å². The molecular weight excluding hydrogens is 258 g/mol. The first kappa shape index (κ1) is 13.8. The molecule has 1 aromatic carbocycles. The van der Waals surface area contributed by atoms with Crippen LogP contribution in [-0.2, 0) is 6.54 Å². The van der Waals surface area contributed by atoms with E-state index in [1.165, 1.54) is 16.8 Å². The van der Waals surface area contributed by atoms with Crippen molar-refractivity contribution in [2.75, 3.05) is 0 Å². The highest BCUT2D eigenvalue weighted by Gasteiger charge is 2.10. The van der Waals surface area contributed by atoms with E-state index in [-0.39, 0.29) is 0 Å². The number of hydrogen-bond donors (Lipinski definition) is 1. The molecule has 108 valence electrons. The van der Waals surface area contributed by atoms with Gasteiger partial charge in [-0.25, -0.2) is 4.98 Å². The third kappa shape index (κ3) is 2.83. The van der Waals surface area contributed by atoms with E-state index in [2.05, 4.69) is 65.9 Å². The second-order valence-electron chi connectivity index (χ2n) is 5.59. The number of nitrogens with zero attached hydrogens (tertiary/aromatic N) is 2. The zero-order chi connectivity index (χ0) is 14.8. The molecule has 0 radical (unpaired) electrons. The van der Waals surface area contributed by atoms with Crippen LogP contribution in [0.5, 0.6) is 0 Å². The van der Waals surface area contributed by atoms with Crippen LogP contribution in [0.1, 0.15) is 35.5 Å². The monoisotopic (exact) mass is 279 g/mol. The minimum Gasteiger partial charge on any atom is -0.305 e. The molecule has 3 heteroatoms. The van der Waals surface area contributed by atoms with Crippen molar-refractivity contribution in [3.63, 3.8) is 0 Å². The SMILES string of the molecule is Cc1cccc([C@@H](C)NCc2c(C)nc3ccccn23)c1. The molecule has 21 heavy (non-hydrogen) atoms. The molecule has 1 atom stereocenters. The average molecular weight is 279 g/mol. The van der Waals surface area contributed by atoms with Gasteiger partial charge >= 0.3 is 0 Å². The lowest BCUT2D eigenvalue weighted by Gasteiger charge is -2.15. The summed E-state index contributed by atoms with van der Waals surface area (Å²) in [5.74, 6) is 0. The van der Waals surface area contributed by atoms with E-state index in [1.54, 1.807) is 0 Å². The zero-order valence-corrected chi connectivity index (χ0v) is 12.8. The highest BCUT2D eigenvalue weighted by Crippen LogP contribution is 2.16. The van der Waals surface area contributed by atoms with Gasteiger partial charge < -0.3 is 9.72 Å². The molecule has 0 fully saturated rings. The average Bonchev–Trinajstić information content (AvgIpc) is 2.80. The predicted octanol–water partition coefficient (Wildman–Crippen LogP) is 3.80. The molecule has 0 unspecified atom stereocenters. The number of imidazole rings is 1. The number of pyridine rings is 1. The fourth-order valence-corrected chi connectivity index (χ4v) is 2.68. The number of hydrogen-bond acceptors (Lipinski definition) is 2. The van der Waals surface area contributed by atoms with Crippen molar-refractivity contribution < 1.29 is 0 Å². The van der Waals surface area contributed by atoms with Gasteiger partial charge in [-0.05, 0) is 38.5 Å². The zero-order valence-electron chi connectivity index (χ0n) is 12.8. The number of aryl methyl sites for hydroxylation is 2. The Bertz CT molecular complexity index is 758. The summed E-state index contributed by atoms with van der Waals surface area (Å²) < 4.78 is 2.16. The Labute approximate surface area is 125 Å². The molecule has 0 aliphatic rings. The molecule has 0 amide bonds. The first-order valence-corrected chi connectivity index (χ1v) is 7.37. The maximum atomic E-state index is 4.60. The summed E-state index contributed by atoms with van der Waals surface area (Å²) in [6, 6.07) is 15.1. The summed E-state index contributed by atoms with van der Waals surface area (Å²) in [5.41, 5.74) is 5.94. The maximum Gasteiger partial charge on any atom is 0.137 e. The summed E-state index contributed by atoms with van der Waals surface area (Å²) in [4.78, 5) is 4.60. The van der Waals surface area contributed by atoms with Crippen molar-refractivity contribution in [1.29, 1.82) is 0 Å². The third-order valence-corrected chi connectivity index (χ3v) is 3.95. The van der Waals surface area contributed by atoms with Crippen LogP contribution in [0.25, 0.3) is 5.65 Å². The second kappa shape index (κ2) is 5.70. The van der Waals surface area contributed by atoms with Crippen molar-refractivity contribution >= 4 is 5.65 Å². The van der Waals surface area contributed by atoms with Gasteiger partial charge in [0.2, 0.25) is 0 Å². The lowest BCUT2D eigenvalue weighted by molar-refractivity contribution is 0.564. The third-order valence-electron chi connectivity index (χ3n) is 3.95. The predicted molar refractivity (Wildman–Crippen MR) is 86.4 cm³/mol. The molecule has 3 aromatic rings. The first-order chi connectivity index (χ1) is 10.1. The normalized spacial score (nSPS) is 12.7. The largest absolute Gasteiger partial charge is 0.305 e. The molecule has 0 saturated carbocycles. The van der Waals surface area contributed by atoms with Gasteiger partial charge in [-0.15, -0.1) is 0 Å². The van der Waals surface area contributed by atoms with Crippen LogP contribution in [0.4, 0.5) is 0 Å². The molecule has 0 saturated heterocycles. The highest BCUT2D eigenvalue weighted by molar-refractivity contribution is 5.42. The van der Waals surface area contributed by atoms with Gasteiger partial charge in [0.05, 0.1) is 11.4 Å². The van der Waals surface area contributed by atoms with Gasteiger partial charge in [0.1, 0.15) is 5.65 Å². The quantitative estimate of drug-likeness (QED) is 0.787. The fourth-order valence-electron chi connectivity index (χ4n) is 2.68. The fraction of sp³-hybridized carbons (Fsp3) is 0.278. The number of nitrogens with one attached hydrogen (secondary N) is 1. The van der Waals surface area contributed by atoms with Crippen LogP contribution < -0.4 is 5.32 Å². The Morgan fingerprint density at radius 2 is 2.00 bits per heavy atom. The van der Waals surface area contributed by atoms with Gasteiger partial charge in [0.15, 0.2) is 0 Å². The molecule has 1 N–H and O–H groups in total. The molecular formula is C18H21N3. The van der Waals surface area contributed by atoms with Crippen LogP contribution in [0.2, 0.25) is 0 Å². The van der Waals surface area contributed by atoms with Crippen LogP contribution in [-0.4, -0.2) is 9.38 Å². The van der Waals surface area contributed by atoms with E-state index in [4.69, 9.17) is 0 Å². The number of benzene rings is 1. The number of fused-ring (bicyclic) bond motifs is 1.